The van der Waals surface area contributed by atoms with E-state index < -0.39 is 24.5 Å². The topological polar surface area (TPSA) is 81.7 Å². The molecule has 1 rings (SSSR count). The van der Waals surface area contributed by atoms with E-state index in [9.17, 15) is 14.4 Å². The molecular weight excluding hydrogens is 342 g/mol. The third-order valence-corrected chi connectivity index (χ3v) is 4.24. The molecule has 0 aliphatic carbocycles. The van der Waals surface area contributed by atoms with Crippen molar-refractivity contribution in [2.75, 3.05) is 18.5 Å². The third-order valence-electron chi connectivity index (χ3n) is 3.18. The maximum Gasteiger partial charge on any atom is 0.341 e. The van der Waals surface area contributed by atoms with Crippen LogP contribution in [0.3, 0.4) is 0 Å². The summed E-state index contributed by atoms with van der Waals surface area (Å²) in [5.74, 6) is -1.59. The van der Waals surface area contributed by atoms with Crippen LogP contribution in [-0.4, -0.2) is 31.1 Å². The molecule has 0 aliphatic heterocycles. The maximum absolute atomic E-state index is 12.2. The van der Waals surface area contributed by atoms with Gasteiger partial charge in [-0.15, -0.1) is 11.3 Å². The van der Waals surface area contributed by atoms with Crippen molar-refractivity contribution in [2.24, 2.45) is 0 Å². The van der Waals surface area contributed by atoms with Crippen molar-refractivity contribution < 1.29 is 23.9 Å². The van der Waals surface area contributed by atoms with E-state index in [2.05, 4.69) is 5.32 Å². The Hall–Kier alpha value is -2.41. The summed E-state index contributed by atoms with van der Waals surface area (Å²) in [7, 11) is 0. The Bertz CT molecular complexity index is 688. The Balaban J connectivity index is 2.80. The highest BCUT2D eigenvalue weighted by atomic mass is 32.1. The van der Waals surface area contributed by atoms with Crippen LogP contribution in [0.25, 0.3) is 0 Å². The molecule has 1 amide bonds. The van der Waals surface area contributed by atoms with Gasteiger partial charge in [0.2, 0.25) is 0 Å². The van der Waals surface area contributed by atoms with Gasteiger partial charge in [-0.05, 0) is 32.8 Å². The zero-order valence-electron chi connectivity index (χ0n) is 14.9. The summed E-state index contributed by atoms with van der Waals surface area (Å²) in [6.07, 6.45) is 6.83. The molecule has 0 atom stereocenters. The summed E-state index contributed by atoms with van der Waals surface area (Å²) in [6, 6.07) is 0. The van der Waals surface area contributed by atoms with Crippen molar-refractivity contribution in [1.82, 2.24) is 0 Å². The average molecular weight is 365 g/mol. The van der Waals surface area contributed by atoms with Gasteiger partial charge in [0.1, 0.15) is 5.00 Å². The van der Waals surface area contributed by atoms with Gasteiger partial charge >= 0.3 is 11.9 Å². The SMILES string of the molecule is C/C=C/C=C/C(=O)OCC(=O)Nc1sc(C)c(CC)c1C(=O)OCC. The quantitative estimate of drug-likeness (QED) is 0.434. The third kappa shape index (κ3) is 6.19. The number of allylic oxidation sites excluding steroid dienone is 3. The van der Waals surface area contributed by atoms with Crippen molar-refractivity contribution in [1.29, 1.82) is 0 Å². The van der Waals surface area contributed by atoms with Gasteiger partial charge in [0.25, 0.3) is 5.91 Å². The number of thiophene rings is 1. The standard InChI is InChI=1S/C18H23NO5S/c1-5-8-9-10-15(21)24-11-14(20)19-17-16(18(22)23-7-3)13(6-2)12(4)25-17/h5,8-10H,6-7,11H2,1-4H3,(H,19,20)/b8-5+,10-9+. The second-order valence-corrected chi connectivity index (χ2v) is 6.18. The maximum atomic E-state index is 12.2. The smallest absolute Gasteiger partial charge is 0.341 e. The molecule has 25 heavy (non-hydrogen) atoms. The number of hydrogen-bond acceptors (Lipinski definition) is 6. The van der Waals surface area contributed by atoms with E-state index in [1.165, 1.54) is 23.5 Å². The van der Waals surface area contributed by atoms with Gasteiger partial charge in [-0.3, -0.25) is 4.79 Å². The highest BCUT2D eigenvalue weighted by Crippen LogP contribution is 2.34. The number of hydrogen-bond donors (Lipinski definition) is 1. The molecule has 0 radical (unpaired) electrons. The second kappa shape index (κ2) is 10.5. The predicted molar refractivity (Wildman–Crippen MR) is 97.9 cm³/mol. The Morgan fingerprint density at radius 3 is 2.48 bits per heavy atom. The Labute approximate surface area is 151 Å². The van der Waals surface area contributed by atoms with E-state index >= 15 is 0 Å². The van der Waals surface area contributed by atoms with Gasteiger partial charge in [0.15, 0.2) is 6.61 Å². The number of rotatable bonds is 8. The molecule has 1 aromatic heterocycles. The summed E-state index contributed by atoms with van der Waals surface area (Å²) >= 11 is 1.30. The monoisotopic (exact) mass is 365 g/mol. The molecular formula is C18H23NO5S. The Morgan fingerprint density at radius 2 is 1.88 bits per heavy atom. The number of ether oxygens (including phenoxy) is 2. The molecule has 1 heterocycles. The van der Waals surface area contributed by atoms with Crippen LogP contribution in [0.15, 0.2) is 24.3 Å². The lowest BCUT2D eigenvalue weighted by Gasteiger charge is -2.08. The molecule has 0 fully saturated rings. The molecule has 0 bridgehead atoms. The minimum atomic E-state index is -0.615. The van der Waals surface area contributed by atoms with Gasteiger partial charge in [-0.2, -0.15) is 0 Å². The molecule has 0 saturated heterocycles. The van der Waals surface area contributed by atoms with Gasteiger partial charge in [-0.1, -0.05) is 25.2 Å². The van der Waals surface area contributed by atoms with Crippen LogP contribution >= 0.6 is 11.3 Å². The first-order valence-corrected chi connectivity index (χ1v) is 8.81. The number of anilines is 1. The fourth-order valence-corrected chi connectivity index (χ4v) is 3.25. The Kier molecular flexibility index (Phi) is 8.63. The molecule has 6 nitrogen and oxygen atoms in total. The minimum Gasteiger partial charge on any atom is -0.462 e. The zero-order chi connectivity index (χ0) is 18.8. The van der Waals surface area contributed by atoms with Crippen LogP contribution in [0.2, 0.25) is 0 Å². The normalized spacial score (nSPS) is 11.0. The number of esters is 2. The summed E-state index contributed by atoms with van der Waals surface area (Å²) in [4.78, 5) is 36.6. The highest BCUT2D eigenvalue weighted by Gasteiger charge is 2.23. The zero-order valence-corrected chi connectivity index (χ0v) is 15.7. The molecule has 0 saturated carbocycles. The Morgan fingerprint density at radius 1 is 1.16 bits per heavy atom. The van der Waals surface area contributed by atoms with E-state index in [0.29, 0.717) is 17.0 Å². The van der Waals surface area contributed by atoms with E-state index in [1.807, 2.05) is 20.8 Å². The second-order valence-electron chi connectivity index (χ2n) is 4.96. The first kappa shape index (κ1) is 20.6. The van der Waals surface area contributed by atoms with Crippen molar-refractivity contribution in [3.63, 3.8) is 0 Å². The molecule has 1 N–H and O–H groups in total. The van der Waals surface area contributed by atoms with Crippen molar-refractivity contribution in [2.45, 2.75) is 34.1 Å². The first-order valence-electron chi connectivity index (χ1n) is 7.99. The summed E-state index contributed by atoms with van der Waals surface area (Å²) in [5.41, 5.74) is 1.23. The number of carbonyl (C=O) groups is 3. The van der Waals surface area contributed by atoms with Crippen LogP contribution in [0.5, 0.6) is 0 Å². The molecule has 0 aliphatic rings. The number of amides is 1. The lowest BCUT2D eigenvalue weighted by atomic mass is 10.1. The largest absolute Gasteiger partial charge is 0.462 e. The van der Waals surface area contributed by atoms with E-state index in [1.54, 1.807) is 19.1 Å². The van der Waals surface area contributed by atoms with Crippen molar-refractivity contribution >= 4 is 34.2 Å². The van der Waals surface area contributed by atoms with Crippen LogP contribution < -0.4 is 5.32 Å². The number of aryl methyl sites for hydroxylation is 1. The molecule has 7 heteroatoms. The number of carbonyl (C=O) groups excluding carboxylic acids is 3. The average Bonchev–Trinajstić information content (AvgIpc) is 2.88. The van der Waals surface area contributed by atoms with E-state index in [4.69, 9.17) is 9.47 Å². The highest BCUT2D eigenvalue weighted by molar-refractivity contribution is 7.16. The molecule has 0 spiro atoms. The fraction of sp³-hybridized carbons (Fsp3) is 0.389. The van der Waals surface area contributed by atoms with Crippen LogP contribution in [-0.2, 0) is 25.5 Å². The van der Waals surface area contributed by atoms with Crippen LogP contribution in [0.1, 0.15) is 41.6 Å². The predicted octanol–water partition coefficient (Wildman–Crippen LogP) is 3.41. The number of nitrogens with one attached hydrogen (secondary N) is 1. The minimum absolute atomic E-state index is 0.250. The molecule has 1 aromatic rings. The lowest BCUT2D eigenvalue weighted by Crippen LogP contribution is -2.21. The molecule has 0 aromatic carbocycles. The van der Waals surface area contributed by atoms with Gasteiger partial charge in [0.05, 0.1) is 12.2 Å². The van der Waals surface area contributed by atoms with Crippen LogP contribution in [0.4, 0.5) is 5.00 Å². The van der Waals surface area contributed by atoms with E-state index in [-0.39, 0.29) is 6.61 Å². The van der Waals surface area contributed by atoms with Gasteiger partial charge in [-0.25, -0.2) is 9.59 Å². The van der Waals surface area contributed by atoms with Crippen molar-refractivity contribution in [3.8, 4) is 0 Å². The summed E-state index contributed by atoms with van der Waals surface area (Å²) < 4.78 is 9.93. The first-order chi connectivity index (χ1) is 11.9. The van der Waals surface area contributed by atoms with Gasteiger partial charge in [0, 0.05) is 11.0 Å². The van der Waals surface area contributed by atoms with Gasteiger partial charge < -0.3 is 14.8 Å². The van der Waals surface area contributed by atoms with Crippen molar-refractivity contribution in [3.05, 3.63) is 40.3 Å². The van der Waals surface area contributed by atoms with Crippen LogP contribution in [0, 0.1) is 6.92 Å². The lowest BCUT2D eigenvalue weighted by molar-refractivity contribution is -0.142. The molecule has 0 unspecified atom stereocenters. The fourth-order valence-electron chi connectivity index (χ4n) is 2.10. The van der Waals surface area contributed by atoms with E-state index in [0.717, 1.165) is 10.4 Å². The summed E-state index contributed by atoms with van der Waals surface area (Å²) in [6.45, 7) is 7.18. The molecule has 136 valence electrons. The summed E-state index contributed by atoms with van der Waals surface area (Å²) in [5, 5.41) is 3.05.